The number of thioether (sulfide) groups is 1. The number of ether oxygens (including phenoxy) is 1. The molecule has 1 aromatic rings. The molecule has 198 valence electrons. The van der Waals surface area contributed by atoms with Crippen molar-refractivity contribution in [3.63, 3.8) is 0 Å². The Balaban J connectivity index is 3.43. The first-order chi connectivity index (χ1) is 16.4. The van der Waals surface area contributed by atoms with Crippen molar-refractivity contribution in [2.75, 3.05) is 18.6 Å². The third kappa shape index (κ3) is 11.2. The van der Waals surface area contributed by atoms with Crippen LogP contribution in [0.25, 0.3) is 0 Å². The number of aromatic hydroxyl groups is 1. The number of phenolic OH excluding ortho intramolecular Hbond substituents is 1. The zero-order chi connectivity index (χ0) is 26.6. The molecule has 1 rings (SSSR count). The van der Waals surface area contributed by atoms with E-state index in [1.165, 1.54) is 17.0 Å². The van der Waals surface area contributed by atoms with E-state index < -0.39 is 23.8 Å². The zero-order valence-corrected chi connectivity index (χ0v) is 23.0. The van der Waals surface area contributed by atoms with E-state index in [1.807, 2.05) is 20.1 Å². The van der Waals surface area contributed by atoms with Crippen LogP contribution in [0.4, 0.5) is 4.79 Å². The lowest BCUT2D eigenvalue weighted by Gasteiger charge is -2.35. The highest BCUT2D eigenvalue weighted by Crippen LogP contribution is 2.27. The third-order valence-corrected chi connectivity index (χ3v) is 5.71. The summed E-state index contributed by atoms with van der Waals surface area (Å²) in [5.74, 6) is -0.0366. The van der Waals surface area contributed by atoms with Crippen LogP contribution in [-0.4, -0.2) is 64.2 Å². The minimum Gasteiger partial charge on any atom is -0.508 e. The maximum absolute atomic E-state index is 13.9. The van der Waals surface area contributed by atoms with Gasteiger partial charge in [-0.2, -0.15) is 11.8 Å². The molecular formula is C26H43N3O5S. The van der Waals surface area contributed by atoms with E-state index >= 15 is 0 Å². The Hall–Kier alpha value is -2.42. The number of unbranched alkanes of at least 4 members (excludes halogenated alkanes) is 2. The normalized spacial score (nSPS) is 13.1. The number of rotatable bonds is 13. The van der Waals surface area contributed by atoms with Gasteiger partial charge in [-0.1, -0.05) is 31.9 Å². The summed E-state index contributed by atoms with van der Waals surface area (Å²) in [4.78, 5) is 41.4. The number of phenols is 1. The van der Waals surface area contributed by atoms with Crippen LogP contribution in [0.3, 0.4) is 0 Å². The van der Waals surface area contributed by atoms with Crippen molar-refractivity contribution >= 4 is 29.7 Å². The van der Waals surface area contributed by atoms with Gasteiger partial charge < -0.3 is 25.4 Å². The lowest BCUT2D eigenvalue weighted by atomic mass is 10.0. The molecule has 0 radical (unpaired) electrons. The van der Waals surface area contributed by atoms with E-state index in [2.05, 4.69) is 17.6 Å². The number of amides is 3. The van der Waals surface area contributed by atoms with Crippen molar-refractivity contribution < 1.29 is 24.2 Å². The first kappa shape index (κ1) is 30.6. The summed E-state index contributed by atoms with van der Waals surface area (Å²) >= 11 is 1.57. The number of hydrogen-bond donors (Lipinski definition) is 3. The molecule has 0 aliphatic carbocycles. The van der Waals surface area contributed by atoms with Gasteiger partial charge in [-0.3, -0.25) is 9.59 Å². The Kier molecular flexibility index (Phi) is 13.0. The van der Waals surface area contributed by atoms with Crippen LogP contribution in [0.2, 0.25) is 0 Å². The molecule has 0 saturated carbocycles. The number of carbonyl (C=O) groups excluding carboxylic acids is 3. The Labute approximate surface area is 214 Å². The van der Waals surface area contributed by atoms with Crippen LogP contribution < -0.4 is 10.6 Å². The lowest BCUT2D eigenvalue weighted by molar-refractivity contribution is -0.142. The van der Waals surface area contributed by atoms with Crippen LogP contribution in [0, 0.1) is 0 Å². The van der Waals surface area contributed by atoms with Gasteiger partial charge in [-0.05, 0) is 77.2 Å². The summed E-state index contributed by atoms with van der Waals surface area (Å²) in [5, 5.41) is 15.7. The Morgan fingerprint density at radius 3 is 2.37 bits per heavy atom. The van der Waals surface area contributed by atoms with Gasteiger partial charge in [-0.15, -0.1) is 0 Å². The molecule has 0 aromatic heterocycles. The monoisotopic (exact) mass is 509 g/mol. The van der Waals surface area contributed by atoms with Crippen LogP contribution in [0.1, 0.15) is 78.8 Å². The van der Waals surface area contributed by atoms with E-state index in [9.17, 15) is 19.5 Å². The second-order valence-corrected chi connectivity index (χ2v) is 10.9. The molecule has 2 atom stereocenters. The van der Waals surface area contributed by atoms with Crippen LogP contribution in [-0.2, 0) is 14.3 Å². The quantitative estimate of drug-likeness (QED) is 0.335. The molecule has 0 bridgehead atoms. The predicted octanol–water partition coefficient (Wildman–Crippen LogP) is 4.62. The van der Waals surface area contributed by atoms with Gasteiger partial charge >= 0.3 is 6.09 Å². The van der Waals surface area contributed by atoms with Crippen molar-refractivity contribution in [3.8, 4) is 5.75 Å². The molecule has 35 heavy (non-hydrogen) atoms. The molecule has 3 amide bonds. The highest BCUT2D eigenvalue weighted by atomic mass is 32.2. The first-order valence-electron chi connectivity index (χ1n) is 12.3. The Bertz CT molecular complexity index is 825. The van der Waals surface area contributed by atoms with Crippen LogP contribution >= 0.6 is 11.8 Å². The smallest absolute Gasteiger partial charge is 0.408 e. The van der Waals surface area contributed by atoms with Gasteiger partial charge in [0.05, 0.1) is 0 Å². The second-order valence-electron chi connectivity index (χ2n) is 9.88. The standard InChI is InChI=1S/C26H43N3O5S/c1-8-9-10-15-29(22(23(31)27-18(2)3)19-12-11-13-20(30)17-19)24(32)21(14-16-35-7)28-25(33)34-26(4,5)6/h11-13,17-18,21-22,30H,8-10,14-16H2,1-7H3,(H,27,31)(H,28,33). The predicted molar refractivity (Wildman–Crippen MR) is 142 cm³/mol. The number of nitrogens with zero attached hydrogens (tertiary/aromatic N) is 1. The average molecular weight is 510 g/mol. The van der Waals surface area contributed by atoms with E-state index in [-0.39, 0.29) is 23.6 Å². The van der Waals surface area contributed by atoms with Crippen LogP contribution in [0.15, 0.2) is 24.3 Å². The fourth-order valence-electron chi connectivity index (χ4n) is 3.57. The number of benzene rings is 1. The summed E-state index contributed by atoms with van der Waals surface area (Å²) in [7, 11) is 0. The maximum Gasteiger partial charge on any atom is 0.408 e. The largest absolute Gasteiger partial charge is 0.508 e. The Morgan fingerprint density at radius 2 is 1.83 bits per heavy atom. The highest BCUT2D eigenvalue weighted by Gasteiger charge is 2.36. The van der Waals surface area contributed by atoms with Gasteiger partial charge in [0.15, 0.2) is 0 Å². The van der Waals surface area contributed by atoms with Crippen molar-refractivity contribution in [3.05, 3.63) is 29.8 Å². The molecule has 1 aromatic carbocycles. The minimum absolute atomic E-state index is 0.0108. The molecule has 9 heteroatoms. The molecule has 0 fully saturated rings. The van der Waals surface area contributed by atoms with E-state index in [1.54, 1.807) is 44.7 Å². The summed E-state index contributed by atoms with van der Waals surface area (Å²) in [6.45, 7) is 11.4. The van der Waals surface area contributed by atoms with E-state index in [0.29, 0.717) is 30.7 Å². The lowest BCUT2D eigenvalue weighted by Crippen LogP contribution is -2.53. The zero-order valence-electron chi connectivity index (χ0n) is 22.2. The SMILES string of the molecule is CCCCCN(C(=O)C(CCSC)NC(=O)OC(C)(C)C)C(C(=O)NC(C)C)c1cccc(O)c1. The summed E-state index contributed by atoms with van der Waals surface area (Å²) in [5.41, 5.74) is -0.201. The van der Waals surface area contributed by atoms with Gasteiger partial charge in [0.1, 0.15) is 23.4 Å². The molecule has 0 spiro atoms. The highest BCUT2D eigenvalue weighted by molar-refractivity contribution is 7.98. The van der Waals surface area contributed by atoms with Crippen LogP contribution in [0.5, 0.6) is 5.75 Å². The van der Waals surface area contributed by atoms with Gasteiger partial charge in [-0.25, -0.2) is 4.79 Å². The van der Waals surface area contributed by atoms with E-state index in [0.717, 1.165) is 12.8 Å². The van der Waals surface area contributed by atoms with Crippen molar-refractivity contribution in [2.45, 2.75) is 91.0 Å². The molecule has 3 N–H and O–H groups in total. The number of hydrogen-bond acceptors (Lipinski definition) is 6. The molecule has 0 aliphatic heterocycles. The van der Waals surface area contributed by atoms with Gasteiger partial charge in [0, 0.05) is 12.6 Å². The fourth-order valence-corrected chi connectivity index (χ4v) is 4.04. The Morgan fingerprint density at radius 1 is 1.14 bits per heavy atom. The van der Waals surface area contributed by atoms with Crippen molar-refractivity contribution in [1.29, 1.82) is 0 Å². The summed E-state index contributed by atoms with van der Waals surface area (Å²) in [6, 6.07) is 4.46. The number of alkyl carbamates (subject to hydrolysis) is 1. The topological polar surface area (TPSA) is 108 Å². The molecule has 2 unspecified atom stereocenters. The van der Waals surface area contributed by atoms with E-state index in [4.69, 9.17) is 4.74 Å². The minimum atomic E-state index is -0.953. The molecule has 0 aliphatic rings. The van der Waals surface area contributed by atoms with Crippen molar-refractivity contribution in [1.82, 2.24) is 15.5 Å². The average Bonchev–Trinajstić information content (AvgIpc) is 2.73. The molecule has 0 saturated heterocycles. The number of nitrogens with one attached hydrogen (secondary N) is 2. The summed E-state index contributed by atoms with van der Waals surface area (Å²) in [6.07, 6.45) is 4.18. The van der Waals surface area contributed by atoms with Crippen molar-refractivity contribution in [2.24, 2.45) is 0 Å². The number of carbonyl (C=O) groups is 3. The summed E-state index contributed by atoms with van der Waals surface area (Å²) < 4.78 is 5.40. The molecule has 8 nitrogen and oxygen atoms in total. The first-order valence-corrected chi connectivity index (χ1v) is 13.7. The molecule has 0 heterocycles. The fraction of sp³-hybridized carbons (Fsp3) is 0.654. The van der Waals surface area contributed by atoms with Gasteiger partial charge in [0.2, 0.25) is 11.8 Å². The molecular weight excluding hydrogens is 466 g/mol. The second kappa shape index (κ2) is 14.9. The van der Waals surface area contributed by atoms with Gasteiger partial charge in [0.25, 0.3) is 0 Å². The maximum atomic E-state index is 13.9. The third-order valence-electron chi connectivity index (χ3n) is 5.06.